The highest BCUT2D eigenvalue weighted by Crippen LogP contribution is 2.12. The highest BCUT2D eigenvalue weighted by atomic mass is 16.2. The summed E-state index contributed by atoms with van der Waals surface area (Å²) in [7, 11) is 0. The van der Waals surface area contributed by atoms with Gasteiger partial charge < -0.3 is 10.6 Å². The van der Waals surface area contributed by atoms with Gasteiger partial charge in [0.15, 0.2) is 0 Å². The Bertz CT molecular complexity index is 475. The van der Waals surface area contributed by atoms with Crippen LogP contribution in [-0.4, -0.2) is 34.9 Å². The van der Waals surface area contributed by atoms with E-state index in [1.807, 2.05) is 6.07 Å². The van der Waals surface area contributed by atoms with Crippen molar-refractivity contribution in [2.75, 3.05) is 13.1 Å². The van der Waals surface area contributed by atoms with Gasteiger partial charge in [0.05, 0.1) is 0 Å². The maximum atomic E-state index is 11.8. The summed E-state index contributed by atoms with van der Waals surface area (Å²) in [5.41, 5.74) is 6.53. The van der Waals surface area contributed by atoms with Crippen LogP contribution < -0.4 is 11.6 Å². The van der Waals surface area contributed by atoms with Gasteiger partial charge in [-0.3, -0.25) is 9.80 Å². The number of hydrazine groups is 1. The Hall–Kier alpha value is -2.08. The Kier molecular flexibility index (Phi) is 3.47. The number of hydrogen-bond acceptors (Lipinski definition) is 3. The minimum atomic E-state index is -0.470. The van der Waals surface area contributed by atoms with Crippen molar-refractivity contribution in [3.05, 3.63) is 35.4 Å². The Morgan fingerprint density at radius 2 is 2.11 bits per heavy atom. The molecule has 0 bridgehead atoms. The van der Waals surface area contributed by atoms with Crippen molar-refractivity contribution in [2.45, 2.75) is 13.0 Å². The van der Waals surface area contributed by atoms with E-state index in [0.29, 0.717) is 25.2 Å². The van der Waals surface area contributed by atoms with Crippen LogP contribution in [0.3, 0.4) is 0 Å². The van der Waals surface area contributed by atoms with Gasteiger partial charge in [-0.25, -0.2) is 10.6 Å². The van der Waals surface area contributed by atoms with Crippen LogP contribution in [-0.2, 0) is 6.54 Å². The molecule has 0 saturated carbocycles. The third-order valence-electron chi connectivity index (χ3n) is 2.93. The number of hydrogen-bond donors (Lipinski definition) is 2. The van der Waals surface area contributed by atoms with E-state index in [-0.39, 0.29) is 6.03 Å². The van der Waals surface area contributed by atoms with Gasteiger partial charge in [0, 0.05) is 25.2 Å². The maximum absolute atomic E-state index is 11.8. The first-order valence-electron chi connectivity index (χ1n) is 5.78. The molecule has 0 aliphatic carbocycles. The molecule has 6 heteroatoms. The molecule has 2 rings (SSSR count). The van der Waals surface area contributed by atoms with Crippen molar-refractivity contribution < 1.29 is 9.59 Å². The second-order valence-electron chi connectivity index (χ2n) is 4.32. The standard InChI is InChI=1S/C12H16N4O2/c13-11(17)10-4-1-3-9(7-10)8-15-5-2-6-16(14)12(15)18/h1,3-4,7H,2,5-6,8,14H2,(H2,13,17). The Morgan fingerprint density at radius 3 is 2.83 bits per heavy atom. The smallest absolute Gasteiger partial charge is 0.334 e. The van der Waals surface area contributed by atoms with E-state index >= 15 is 0 Å². The van der Waals surface area contributed by atoms with Gasteiger partial charge in [-0.1, -0.05) is 12.1 Å². The van der Waals surface area contributed by atoms with Gasteiger partial charge >= 0.3 is 6.03 Å². The summed E-state index contributed by atoms with van der Waals surface area (Å²) < 4.78 is 0. The van der Waals surface area contributed by atoms with Crippen molar-refractivity contribution in [1.29, 1.82) is 0 Å². The quantitative estimate of drug-likeness (QED) is 0.594. The van der Waals surface area contributed by atoms with Crippen LogP contribution in [0.15, 0.2) is 24.3 Å². The summed E-state index contributed by atoms with van der Waals surface area (Å²) in [6, 6.07) is 6.77. The molecule has 96 valence electrons. The molecule has 18 heavy (non-hydrogen) atoms. The fraction of sp³-hybridized carbons (Fsp3) is 0.333. The van der Waals surface area contributed by atoms with Crippen molar-refractivity contribution in [1.82, 2.24) is 9.91 Å². The molecule has 6 nitrogen and oxygen atoms in total. The van der Waals surface area contributed by atoms with E-state index < -0.39 is 5.91 Å². The van der Waals surface area contributed by atoms with Crippen LogP contribution in [0, 0.1) is 0 Å². The van der Waals surface area contributed by atoms with E-state index in [1.54, 1.807) is 23.1 Å². The number of rotatable bonds is 3. The van der Waals surface area contributed by atoms with Crippen LogP contribution in [0.4, 0.5) is 4.79 Å². The minimum Gasteiger partial charge on any atom is -0.366 e. The lowest BCUT2D eigenvalue weighted by Crippen LogP contribution is -2.52. The van der Waals surface area contributed by atoms with Gasteiger partial charge in [-0.2, -0.15) is 0 Å². The molecule has 1 aliphatic heterocycles. The Morgan fingerprint density at radius 1 is 1.33 bits per heavy atom. The first kappa shape index (κ1) is 12.4. The summed E-state index contributed by atoms with van der Waals surface area (Å²) in [6.45, 7) is 1.69. The summed E-state index contributed by atoms with van der Waals surface area (Å²) in [4.78, 5) is 24.5. The van der Waals surface area contributed by atoms with E-state index in [0.717, 1.165) is 12.0 Å². The average molecular weight is 248 g/mol. The third kappa shape index (κ3) is 2.60. The number of amides is 3. The van der Waals surface area contributed by atoms with Gasteiger partial charge in [0.25, 0.3) is 0 Å². The second-order valence-corrected chi connectivity index (χ2v) is 4.32. The van der Waals surface area contributed by atoms with E-state index in [2.05, 4.69) is 0 Å². The zero-order valence-electron chi connectivity index (χ0n) is 10.0. The SMILES string of the molecule is NC(=O)c1cccc(CN2CCCN(N)C2=O)c1. The minimum absolute atomic E-state index is 0.189. The molecule has 1 heterocycles. The van der Waals surface area contributed by atoms with Gasteiger partial charge in [0.1, 0.15) is 0 Å². The number of nitrogens with two attached hydrogens (primary N) is 2. The first-order chi connectivity index (χ1) is 8.58. The topological polar surface area (TPSA) is 92.7 Å². The zero-order valence-corrected chi connectivity index (χ0v) is 10.0. The van der Waals surface area contributed by atoms with E-state index in [1.165, 1.54) is 5.01 Å². The monoisotopic (exact) mass is 248 g/mol. The zero-order chi connectivity index (χ0) is 13.1. The average Bonchev–Trinajstić information content (AvgIpc) is 2.35. The Labute approximate surface area is 105 Å². The Balaban J connectivity index is 2.11. The first-order valence-corrected chi connectivity index (χ1v) is 5.78. The van der Waals surface area contributed by atoms with E-state index in [4.69, 9.17) is 11.6 Å². The molecular formula is C12H16N4O2. The molecule has 1 saturated heterocycles. The number of urea groups is 1. The molecule has 0 aromatic heterocycles. The highest BCUT2D eigenvalue weighted by molar-refractivity contribution is 5.92. The lowest BCUT2D eigenvalue weighted by molar-refractivity contribution is 0.1000. The number of carbonyl (C=O) groups is 2. The molecule has 0 radical (unpaired) electrons. The molecule has 0 atom stereocenters. The molecule has 1 aromatic rings. The van der Waals surface area contributed by atoms with Crippen molar-refractivity contribution >= 4 is 11.9 Å². The van der Waals surface area contributed by atoms with Crippen LogP contribution in [0.1, 0.15) is 22.3 Å². The molecule has 3 amide bonds. The van der Waals surface area contributed by atoms with Crippen LogP contribution in [0.5, 0.6) is 0 Å². The number of benzene rings is 1. The van der Waals surface area contributed by atoms with E-state index in [9.17, 15) is 9.59 Å². The second kappa shape index (κ2) is 5.05. The predicted octanol–water partition coefficient (Wildman–Crippen LogP) is 0.287. The van der Waals surface area contributed by atoms with Crippen LogP contribution in [0.2, 0.25) is 0 Å². The van der Waals surface area contributed by atoms with Crippen molar-refractivity contribution in [3.63, 3.8) is 0 Å². The molecule has 0 unspecified atom stereocenters. The fourth-order valence-corrected chi connectivity index (χ4v) is 1.99. The summed E-state index contributed by atoms with van der Waals surface area (Å²) in [5, 5.41) is 1.21. The predicted molar refractivity (Wildman–Crippen MR) is 66.3 cm³/mol. The summed E-state index contributed by atoms with van der Waals surface area (Å²) >= 11 is 0. The third-order valence-corrected chi connectivity index (χ3v) is 2.93. The largest absolute Gasteiger partial charge is 0.366 e. The van der Waals surface area contributed by atoms with Crippen LogP contribution >= 0.6 is 0 Å². The van der Waals surface area contributed by atoms with Gasteiger partial charge in [-0.15, -0.1) is 0 Å². The molecule has 4 N–H and O–H groups in total. The normalized spacial score (nSPS) is 15.9. The van der Waals surface area contributed by atoms with Gasteiger partial charge in [0.2, 0.25) is 5.91 Å². The molecule has 1 fully saturated rings. The maximum Gasteiger partial charge on any atom is 0.334 e. The lowest BCUT2D eigenvalue weighted by Gasteiger charge is -2.32. The highest BCUT2D eigenvalue weighted by Gasteiger charge is 2.23. The number of nitrogens with zero attached hydrogens (tertiary/aromatic N) is 2. The number of primary amides is 1. The van der Waals surface area contributed by atoms with Crippen molar-refractivity contribution in [2.24, 2.45) is 11.6 Å². The summed E-state index contributed by atoms with van der Waals surface area (Å²) in [5.74, 6) is 5.10. The lowest BCUT2D eigenvalue weighted by atomic mass is 10.1. The molecule has 1 aromatic carbocycles. The van der Waals surface area contributed by atoms with Gasteiger partial charge in [-0.05, 0) is 24.1 Å². The number of carbonyl (C=O) groups excluding carboxylic acids is 2. The molecule has 1 aliphatic rings. The van der Waals surface area contributed by atoms with Crippen LogP contribution in [0.25, 0.3) is 0 Å². The summed E-state index contributed by atoms with van der Waals surface area (Å²) in [6.07, 6.45) is 0.845. The molecule has 0 spiro atoms. The molecular weight excluding hydrogens is 232 g/mol. The van der Waals surface area contributed by atoms with Crippen molar-refractivity contribution in [3.8, 4) is 0 Å². The fourth-order valence-electron chi connectivity index (χ4n) is 1.99.